The summed E-state index contributed by atoms with van der Waals surface area (Å²) in [4.78, 5) is 16.3. The van der Waals surface area contributed by atoms with E-state index in [1.165, 1.54) is 62.5 Å². The lowest BCUT2D eigenvalue weighted by atomic mass is 10.1. The second-order valence-corrected chi connectivity index (χ2v) is 12.7. The minimum absolute atomic E-state index is 0.131. The van der Waals surface area contributed by atoms with Crippen molar-refractivity contribution < 1.29 is 8.98 Å². The molecule has 2 nitrogen and oxygen atoms in total. The monoisotopic (exact) mass is 518 g/mol. The van der Waals surface area contributed by atoms with Gasteiger partial charge in [0.05, 0.1) is 0 Å². The molecule has 0 spiro atoms. The van der Waals surface area contributed by atoms with E-state index in [0.717, 1.165) is 33.9 Å². The number of hydrogen-bond donors (Lipinski definition) is 0. The molecule has 3 heteroatoms. The first kappa shape index (κ1) is 29.0. The van der Waals surface area contributed by atoms with Gasteiger partial charge in [-0.25, -0.2) is 0 Å². The molecule has 0 unspecified atom stereocenters. The van der Waals surface area contributed by atoms with Gasteiger partial charge in [-0.3, -0.25) is 4.79 Å². The third kappa shape index (κ3) is 8.23. The molecule has 0 heterocycles. The highest BCUT2D eigenvalue weighted by atomic mass is 32.3. The van der Waals surface area contributed by atoms with Gasteiger partial charge in [-0.2, -0.15) is 0 Å². The Morgan fingerprint density at radius 1 is 0.568 bits per heavy atom. The molecule has 3 aromatic carbocycles. The number of benzene rings is 3. The summed E-state index contributed by atoms with van der Waals surface area (Å²) in [6.07, 6.45) is 13.5. The predicted molar refractivity (Wildman–Crippen MR) is 158 cm³/mol. The highest BCUT2D eigenvalue weighted by Gasteiger charge is 2.35. The van der Waals surface area contributed by atoms with E-state index < -0.39 is 10.3 Å². The molecular formula is C34H46O2S. The number of rotatable bonds is 16. The van der Waals surface area contributed by atoms with Crippen molar-refractivity contribution in [3.8, 4) is 0 Å². The molecule has 3 aromatic rings. The van der Waals surface area contributed by atoms with Crippen molar-refractivity contribution >= 4 is 16.3 Å². The molecular weight excluding hydrogens is 472 g/mol. The fourth-order valence-electron chi connectivity index (χ4n) is 4.76. The Labute approximate surface area is 227 Å². The molecule has 0 aliphatic rings. The van der Waals surface area contributed by atoms with E-state index in [1.54, 1.807) is 0 Å². The number of carbonyl (C=O) groups excluding carboxylic acids is 1. The van der Waals surface area contributed by atoms with Crippen molar-refractivity contribution in [1.82, 2.24) is 0 Å². The Balaban J connectivity index is 2.00. The molecule has 0 amide bonds. The van der Waals surface area contributed by atoms with Crippen molar-refractivity contribution in [3.05, 3.63) is 90.0 Å². The Hall–Kier alpha value is -2.52. The van der Waals surface area contributed by atoms with E-state index in [9.17, 15) is 4.79 Å². The second-order valence-electron chi connectivity index (χ2n) is 9.98. The summed E-state index contributed by atoms with van der Waals surface area (Å²) in [5, 5.41) is 0. The van der Waals surface area contributed by atoms with Gasteiger partial charge in [0.1, 0.15) is 0 Å². The minimum Gasteiger partial charge on any atom is -0.402 e. The molecule has 3 rings (SSSR count). The van der Waals surface area contributed by atoms with Crippen molar-refractivity contribution in [1.29, 1.82) is 0 Å². The Morgan fingerprint density at radius 2 is 1.03 bits per heavy atom. The quantitative estimate of drug-likeness (QED) is 0.176. The summed E-state index contributed by atoms with van der Waals surface area (Å²) < 4.78 is 6.59. The van der Waals surface area contributed by atoms with Crippen molar-refractivity contribution in [3.63, 3.8) is 0 Å². The standard InChI is InChI=1S/C34H46O2S/c1-4-7-9-12-17-29-21-25-32(26-22-29)37(36-34(35)16-6-3,31-19-14-11-15-20-31)33-27-23-30(24-28-33)18-13-10-8-5-2/h11,14-15,19-28H,4-10,12-13,16-18H2,1-3H3. The van der Waals surface area contributed by atoms with Crippen LogP contribution in [-0.2, 0) is 21.8 Å². The molecule has 0 N–H and O–H groups in total. The molecule has 0 saturated heterocycles. The third-order valence-electron chi connectivity index (χ3n) is 6.90. The minimum atomic E-state index is -2.20. The molecule has 0 aromatic heterocycles. The Morgan fingerprint density at radius 3 is 1.46 bits per heavy atom. The predicted octanol–water partition coefficient (Wildman–Crippen LogP) is 10.5. The van der Waals surface area contributed by atoms with Crippen LogP contribution in [0.5, 0.6) is 0 Å². The lowest BCUT2D eigenvalue weighted by Crippen LogP contribution is -2.13. The topological polar surface area (TPSA) is 26.3 Å². The van der Waals surface area contributed by atoms with E-state index in [0.29, 0.717) is 6.42 Å². The summed E-state index contributed by atoms with van der Waals surface area (Å²) in [5.41, 5.74) is 2.70. The summed E-state index contributed by atoms with van der Waals surface area (Å²) in [6.45, 7) is 6.53. The lowest BCUT2D eigenvalue weighted by molar-refractivity contribution is -0.133. The van der Waals surface area contributed by atoms with Crippen LogP contribution in [0.1, 0.15) is 96.1 Å². The zero-order chi connectivity index (χ0) is 26.3. The van der Waals surface area contributed by atoms with Crippen LogP contribution in [0, 0.1) is 0 Å². The van der Waals surface area contributed by atoms with Gasteiger partial charge < -0.3 is 4.18 Å². The molecule has 0 atom stereocenters. The van der Waals surface area contributed by atoms with E-state index in [-0.39, 0.29) is 5.97 Å². The van der Waals surface area contributed by atoms with Gasteiger partial charge in [0, 0.05) is 21.1 Å². The van der Waals surface area contributed by atoms with E-state index in [1.807, 2.05) is 13.0 Å². The maximum Gasteiger partial charge on any atom is 0.317 e. The number of carbonyl (C=O) groups is 1. The fraction of sp³-hybridized carbons (Fsp3) is 0.441. The van der Waals surface area contributed by atoms with Gasteiger partial charge in [-0.05, 0) is 89.9 Å². The van der Waals surface area contributed by atoms with Gasteiger partial charge >= 0.3 is 5.97 Å². The van der Waals surface area contributed by atoms with Gasteiger partial charge in [-0.15, -0.1) is 0 Å². The SMILES string of the molecule is CCCCCCc1ccc(S(OC(=O)CCC)(c2ccccc2)c2ccc(CCCCCC)cc2)cc1. The Kier molecular flexibility index (Phi) is 12.3. The molecule has 37 heavy (non-hydrogen) atoms. The van der Waals surface area contributed by atoms with Crippen LogP contribution >= 0.6 is 10.3 Å². The molecule has 0 aliphatic carbocycles. The first-order chi connectivity index (χ1) is 18.1. The van der Waals surface area contributed by atoms with Crippen molar-refractivity contribution in [2.75, 3.05) is 0 Å². The van der Waals surface area contributed by atoms with Crippen LogP contribution < -0.4 is 0 Å². The summed E-state index contributed by atoms with van der Waals surface area (Å²) in [5.74, 6) is -0.131. The lowest BCUT2D eigenvalue weighted by Gasteiger charge is -2.40. The average molecular weight is 519 g/mol. The highest BCUT2D eigenvalue weighted by Crippen LogP contribution is 2.69. The van der Waals surface area contributed by atoms with Crippen LogP contribution in [0.15, 0.2) is 93.5 Å². The smallest absolute Gasteiger partial charge is 0.317 e. The van der Waals surface area contributed by atoms with E-state index >= 15 is 0 Å². The molecule has 0 bridgehead atoms. The first-order valence-corrected chi connectivity index (χ1v) is 16.0. The zero-order valence-electron chi connectivity index (χ0n) is 23.2. The molecule has 0 aliphatic heterocycles. The largest absolute Gasteiger partial charge is 0.402 e. The number of hydrogen-bond acceptors (Lipinski definition) is 2. The van der Waals surface area contributed by atoms with Crippen LogP contribution in [0.3, 0.4) is 0 Å². The normalized spacial score (nSPS) is 11.9. The van der Waals surface area contributed by atoms with Crippen molar-refractivity contribution in [2.24, 2.45) is 0 Å². The fourth-order valence-corrected chi connectivity index (χ4v) is 7.80. The summed E-state index contributed by atoms with van der Waals surface area (Å²) in [6, 6.07) is 28.1. The van der Waals surface area contributed by atoms with Crippen LogP contribution in [0.2, 0.25) is 0 Å². The summed E-state index contributed by atoms with van der Waals surface area (Å²) in [7, 11) is -2.20. The Bertz CT molecular complexity index is 986. The van der Waals surface area contributed by atoms with Crippen LogP contribution in [-0.4, -0.2) is 5.97 Å². The van der Waals surface area contributed by atoms with Gasteiger partial charge in [0.15, 0.2) is 0 Å². The average Bonchev–Trinajstić information content (AvgIpc) is 2.94. The molecule has 0 radical (unpaired) electrons. The third-order valence-corrected chi connectivity index (χ3v) is 10.1. The molecule has 0 fully saturated rings. The van der Waals surface area contributed by atoms with E-state index in [4.69, 9.17) is 4.18 Å². The zero-order valence-corrected chi connectivity index (χ0v) is 24.0. The van der Waals surface area contributed by atoms with Crippen molar-refractivity contribution in [2.45, 2.75) is 113 Å². The maximum atomic E-state index is 13.1. The van der Waals surface area contributed by atoms with Gasteiger partial charge in [0.25, 0.3) is 0 Å². The second kappa shape index (κ2) is 15.7. The number of unbranched alkanes of at least 4 members (excludes halogenated alkanes) is 6. The van der Waals surface area contributed by atoms with Gasteiger partial charge in [-0.1, -0.05) is 102 Å². The summed E-state index contributed by atoms with van der Waals surface area (Å²) >= 11 is 0. The highest BCUT2D eigenvalue weighted by molar-refractivity contribution is 8.30. The van der Waals surface area contributed by atoms with E-state index in [2.05, 4.69) is 86.6 Å². The molecule has 200 valence electrons. The first-order valence-electron chi connectivity index (χ1n) is 14.4. The molecule has 0 saturated carbocycles. The van der Waals surface area contributed by atoms with Gasteiger partial charge in [0.2, 0.25) is 0 Å². The maximum absolute atomic E-state index is 13.1. The van der Waals surface area contributed by atoms with Crippen LogP contribution in [0.25, 0.3) is 0 Å². The number of aryl methyl sites for hydroxylation is 2. The van der Waals surface area contributed by atoms with Crippen LogP contribution in [0.4, 0.5) is 0 Å².